The van der Waals surface area contributed by atoms with Gasteiger partial charge >= 0.3 is 12.0 Å². The lowest BCUT2D eigenvalue weighted by Gasteiger charge is -2.53. The van der Waals surface area contributed by atoms with Gasteiger partial charge in [0.05, 0.1) is 11.0 Å². The summed E-state index contributed by atoms with van der Waals surface area (Å²) >= 11 is 2.79. The maximum atomic E-state index is 13.1. The first-order valence-electron chi connectivity index (χ1n) is 9.62. The van der Waals surface area contributed by atoms with Gasteiger partial charge in [-0.3, -0.25) is 14.6 Å². The Labute approximate surface area is 185 Å². The summed E-state index contributed by atoms with van der Waals surface area (Å²) in [5, 5.41) is 24.4. The summed E-state index contributed by atoms with van der Waals surface area (Å²) in [6.45, 7) is 0.395. The monoisotopic (exact) mass is 461 g/mol. The van der Waals surface area contributed by atoms with E-state index in [1.54, 1.807) is 23.9 Å². The molecule has 0 bridgehead atoms. The third-order valence-electron chi connectivity index (χ3n) is 6.04. The quantitative estimate of drug-likeness (QED) is 0.514. The number of hydrogen-bond acceptors (Lipinski definition) is 8. The van der Waals surface area contributed by atoms with Crippen molar-refractivity contribution in [1.29, 1.82) is 0 Å². The van der Waals surface area contributed by atoms with Crippen molar-refractivity contribution >= 4 is 46.0 Å². The molecule has 0 saturated carbocycles. The number of rotatable bonds is 5. The number of nitrogens with zero attached hydrogens (tertiary/aromatic N) is 7. The molecule has 162 valence electrons. The molecule has 1 N–H and O–H groups in total. The topological polar surface area (TPSA) is 125 Å². The number of tetrazole rings is 1. The standard InChI is InChI=1S/C18H19N7O4S2/c1-22(11-4-3-7-30-11)18(29)24-6-5-9-10(8-31-17-19-20-21-23(17)2)13(16(27)28)25-12(9)14(24)15(25)26/h3-4,7,9,12,14H,5-6,8H2,1-2H3,(H,27,28)/t9?,12-,14+/m1/s1. The average molecular weight is 462 g/mol. The lowest BCUT2D eigenvalue weighted by molar-refractivity contribution is -0.160. The molecule has 2 saturated heterocycles. The first-order chi connectivity index (χ1) is 14.9. The average Bonchev–Trinajstić information content (AvgIpc) is 3.48. The molecular weight excluding hydrogens is 442 g/mol. The zero-order valence-electron chi connectivity index (χ0n) is 16.7. The van der Waals surface area contributed by atoms with Crippen LogP contribution >= 0.6 is 23.1 Å². The summed E-state index contributed by atoms with van der Waals surface area (Å²) in [6.07, 6.45) is 0.596. The number of aryl methyl sites for hydroxylation is 1. The molecule has 0 spiro atoms. The van der Waals surface area contributed by atoms with Crippen molar-refractivity contribution in [3.63, 3.8) is 0 Å². The molecule has 2 aromatic rings. The minimum absolute atomic E-state index is 0.0415. The molecule has 0 radical (unpaired) electrons. The molecule has 3 aliphatic heterocycles. The number of anilines is 1. The lowest BCUT2D eigenvalue weighted by atomic mass is 9.78. The number of aromatic nitrogens is 4. The number of β-lactam (4-membered cyclic amide) rings is 1. The Bertz CT molecular complexity index is 1100. The molecule has 3 amide bonds. The van der Waals surface area contributed by atoms with Gasteiger partial charge in [0.25, 0.3) is 5.91 Å². The number of piperidine rings is 1. The second kappa shape index (κ2) is 7.34. The van der Waals surface area contributed by atoms with Crippen molar-refractivity contribution in [3.05, 3.63) is 28.8 Å². The van der Waals surface area contributed by atoms with Gasteiger partial charge in [-0.2, -0.15) is 0 Å². The molecule has 2 aromatic heterocycles. The second-order valence-corrected chi connectivity index (χ2v) is 9.45. The van der Waals surface area contributed by atoms with Crippen LogP contribution < -0.4 is 4.90 Å². The number of hydrogen-bond donors (Lipinski definition) is 1. The Hall–Kier alpha value is -2.93. The van der Waals surface area contributed by atoms with E-state index in [-0.39, 0.29) is 29.6 Å². The third kappa shape index (κ3) is 2.94. The first-order valence-corrected chi connectivity index (χ1v) is 11.5. The van der Waals surface area contributed by atoms with Crippen molar-refractivity contribution < 1.29 is 19.5 Å². The maximum Gasteiger partial charge on any atom is 0.352 e. The van der Waals surface area contributed by atoms with E-state index >= 15 is 0 Å². The molecular formula is C18H19N7O4S2. The van der Waals surface area contributed by atoms with Gasteiger partial charge in [0.2, 0.25) is 5.16 Å². The van der Waals surface area contributed by atoms with Gasteiger partial charge in [0.1, 0.15) is 11.7 Å². The number of carbonyl (C=O) groups excluding carboxylic acids is 2. The van der Waals surface area contributed by atoms with Crippen LogP contribution in [-0.4, -0.2) is 84.5 Å². The van der Waals surface area contributed by atoms with Crippen LogP contribution in [0.1, 0.15) is 6.42 Å². The molecule has 0 aliphatic carbocycles. The van der Waals surface area contributed by atoms with Crippen LogP contribution in [0.15, 0.2) is 33.9 Å². The van der Waals surface area contributed by atoms with Crippen LogP contribution in [0.2, 0.25) is 0 Å². The number of carboxylic acid groups (broad SMARTS) is 1. The fraction of sp³-hybridized carbons (Fsp3) is 0.444. The van der Waals surface area contributed by atoms with Gasteiger partial charge in [0.15, 0.2) is 0 Å². The maximum absolute atomic E-state index is 13.1. The third-order valence-corrected chi connectivity index (χ3v) is 8.05. The Morgan fingerprint density at radius 3 is 2.87 bits per heavy atom. The Kier molecular flexibility index (Phi) is 4.73. The van der Waals surface area contributed by atoms with Crippen LogP contribution in [0.3, 0.4) is 0 Å². The number of urea groups is 1. The van der Waals surface area contributed by atoms with Crippen LogP contribution in [-0.2, 0) is 16.6 Å². The number of thiophene rings is 1. The summed E-state index contributed by atoms with van der Waals surface area (Å²) in [7, 11) is 3.40. The van der Waals surface area contributed by atoms with Gasteiger partial charge in [-0.25, -0.2) is 14.3 Å². The number of carbonyl (C=O) groups is 3. The van der Waals surface area contributed by atoms with Crippen molar-refractivity contribution in [2.24, 2.45) is 13.0 Å². The van der Waals surface area contributed by atoms with Crippen molar-refractivity contribution in [1.82, 2.24) is 30.0 Å². The van der Waals surface area contributed by atoms with Gasteiger partial charge in [-0.15, -0.1) is 16.4 Å². The van der Waals surface area contributed by atoms with Crippen molar-refractivity contribution in [2.75, 3.05) is 24.2 Å². The first kappa shape index (κ1) is 20.0. The number of carboxylic acids is 1. The van der Waals surface area contributed by atoms with Gasteiger partial charge in [-0.05, 0) is 39.9 Å². The molecule has 0 aromatic carbocycles. The summed E-state index contributed by atoms with van der Waals surface area (Å²) in [5.74, 6) is -1.18. The van der Waals surface area contributed by atoms with Gasteiger partial charge in [-0.1, -0.05) is 11.8 Å². The summed E-state index contributed by atoms with van der Waals surface area (Å²) < 4.78 is 1.52. The van der Waals surface area contributed by atoms with Gasteiger partial charge < -0.3 is 10.0 Å². The molecule has 31 heavy (non-hydrogen) atoms. The van der Waals surface area contributed by atoms with E-state index in [0.717, 1.165) is 5.00 Å². The fourth-order valence-corrected chi connectivity index (χ4v) is 6.28. The predicted octanol–water partition coefficient (Wildman–Crippen LogP) is 0.874. The zero-order valence-corrected chi connectivity index (χ0v) is 18.3. The highest BCUT2D eigenvalue weighted by molar-refractivity contribution is 7.99. The van der Waals surface area contributed by atoms with E-state index in [1.807, 2.05) is 17.5 Å². The molecule has 5 rings (SSSR count). The van der Waals surface area contributed by atoms with Crippen LogP contribution in [0.4, 0.5) is 9.80 Å². The van der Waals surface area contributed by atoms with Crippen molar-refractivity contribution in [2.45, 2.75) is 23.7 Å². The number of likely N-dealkylation sites (tertiary alicyclic amines) is 1. The Morgan fingerprint density at radius 2 is 2.23 bits per heavy atom. The molecule has 1 unspecified atom stereocenters. The summed E-state index contributed by atoms with van der Waals surface area (Å²) in [5.41, 5.74) is 0.750. The fourth-order valence-electron chi connectivity index (χ4n) is 4.63. The van der Waals surface area contributed by atoms with E-state index in [4.69, 9.17) is 0 Å². The minimum atomic E-state index is -1.12. The largest absolute Gasteiger partial charge is 0.477 e. The van der Waals surface area contributed by atoms with E-state index < -0.39 is 12.0 Å². The second-order valence-electron chi connectivity index (χ2n) is 7.58. The molecule has 2 fully saturated rings. The van der Waals surface area contributed by atoms with Crippen LogP contribution in [0.25, 0.3) is 0 Å². The normalized spacial score (nSPS) is 24.3. The summed E-state index contributed by atoms with van der Waals surface area (Å²) in [4.78, 5) is 42.7. The predicted molar refractivity (Wildman–Crippen MR) is 112 cm³/mol. The minimum Gasteiger partial charge on any atom is -0.477 e. The van der Waals surface area contributed by atoms with E-state index in [2.05, 4.69) is 15.5 Å². The zero-order chi connectivity index (χ0) is 21.9. The highest BCUT2D eigenvalue weighted by Gasteiger charge is 2.64. The van der Waals surface area contributed by atoms with E-state index in [1.165, 1.54) is 32.7 Å². The van der Waals surface area contributed by atoms with E-state index in [0.29, 0.717) is 29.4 Å². The molecule has 3 aliphatic rings. The van der Waals surface area contributed by atoms with Crippen molar-refractivity contribution in [3.8, 4) is 0 Å². The van der Waals surface area contributed by atoms with E-state index in [9.17, 15) is 19.5 Å². The van der Waals surface area contributed by atoms with Crippen LogP contribution in [0, 0.1) is 5.92 Å². The smallest absolute Gasteiger partial charge is 0.352 e. The van der Waals surface area contributed by atoms with Crippen LogP contribution in [0.5, 0.6) is 0 Å². The van der Waals surface area contributed by atoms with Gasteiger partial charge in [0, 0.05) is 32.3 Å². The highest BCUT2D eigenvalue weighted by Crippen LogP contribution is 2.50. The molecule has 5 heterocycles. The molecule has 13 heteroatoms. The number of thioether (sulfide) groups is 1. The summed E-state index contributed by atoms with van der Waals surface area (Å²) in [6, 6.07) is 2.50. The Morgan fingerprint density at radius 1 is 1.42 bits per heavy atom. The Balaban J connectivity index is 1.40. The number of aliphatic carboxylic acids is 1. The number of amides is 3. The molecule has 3 atom stereocenters. The molecule has 11 nitrogen and oxygen atoms in total. The lowest BCUT2D eigenvalue weighted by Crippen LogP contribution is -2.74. The SMILES string of the molecule is CN(C(=O)N1CCC2C(CSc3nnnn3C)=C(C(=O)O)N3C(=O)[C@@H]1[C@@H]23)c1cccs1. The highest BCUT2D eigenvalue weighted by atomic mass is 32.2.